The number of halogens is 1. The van der Waals surface area contributed by atoms with Crippen LogP contribution in [0.4, 0.5) is 9.52 Å². The average molecular weight is 431 g/mol. The fraction of sp³-hybridized carbons (Fsp3) is 0.318. The maximum Gasteiger partial charge on any atom is 0.185 e. The van der Waals surface area contributed by atoms with E-state index in [9.17, 15) is 12.8 Å². The number of hydrogen-bond acceptors (Lipinski definition) is 5. The van der Waals surface area contributed by atoms with Crippen LogP contribution < -0.4 is 4.90 Å². The van der Waals surface area contributed by atoms with Gasteiger partial charge in [-0.3, -0.25) is 0 Å². The van der Waals surface area contributed by atoms with E-state index in [4.69, 9.17) is 4.98 Å². The van der Waals surface area contributed by atoms with E-state index in [-0.39, 0.29) is 4.90 Å². The molecule has 152 valence electrons. The lowest BCUT2D eigenvalue weighted by Crippen LogP contribution is -2.39. The molecular formula is C22H23FN2O2S2. The predicted octanol–water partition coefficient (Wildman–Crippen LogP) is 5.01. The van der Waals surface area contributed by atoms with Crippen molar-refractivity contribution in [2.75, 3.05) is 18.0 Å². The third-order valence-electron chi connectivity index (χ3n) is 5.44. The minimum atomic E-state index is -3.52. The normalized spacial score (nSPS) is 15.6. The Hall–Kier alpha value is -2.25. The second kappa shape index (κ2) is 7.88. The molecule has 1 saturated heterocycles. The highest BCUT2D eigenvalue weighted by molar-refractivity contribution is 7.92. The number of aryl methyl sites for hydroxylation is 2. The van der Waals surface area contributed by atoms with Gasteiger partial charge in [-0.05, 0) is 56.5 Å². The Morgan fingerprint density at radius 2 is 1.86 bits per heavy atom. The standard InChI is InChI=1S/C22H23FN2O2S2/c1-15-6-7-16(2)20(12-15)21-14-28-22(24-21)25-10-8-18(9-11-25)29(26,27)19-5-3-4-17(23)13-19/h3-7,12-14,18H,8-11H2,1-2H3. The first-order chi connectivity index (χ1) is 13.8. The summed E-state index contributed by atoms with van der Waals surface area (Å²) in [6.45, 7) is 5.40. The number of nitrogens with zero attached hydrogens (tertiary/aromatic N) is 2. The molecule has 7 heteroatoms. The number of sulfone groups is 1. The molecule has 0 spiro atoms. The van der Waals surface area contributed by atoms with E-state index >= 15 is 0 Å². The molecule has 0 amide bonds. The van der Waals surface area contributed by atoms with Crippen molar-refractivity contribution >= 4 is 26.3 Å². The zero-order valence-corrected chi connectivity index (χ0v) is 18.1. The molecule has 4 rings (SSSR count). The fourth-order valence-electron chi connectivity index (χ4n) is 3.74. The fourth-order valence-corrected chi connectivity index (χ4v) is 6.38. The highest BCUT2D eigenvalue weighted by Gasteiger charge is 2.32. The zero-order chi connectivity index (χ0) is 20.6. The summed E-state index contributed by atoms with van der Waals surface area (Å²) in [4.78, 5) is 7.03. The monoisotopic (exact) mass is 430 g/mol. The molecule has 3 aromatic rings. The van der Waals surface area contributed by atoms with E-state index in [2.05, 4.69) is 42.3 Å². The molecule has 0 saturated carbocycles. The quantitative estimate of drug-likeness (QED) is 0.584. The predicted molar refractivity (Wildman–Crippen MR) is 116 cm³/mol. The lowest BCUT2D eigenvalue weighted by Gasteiger charge is -2.31. The molecule has 0 aliphatic carbocycles. The Morgan fingerprint density at radius 1 is 1.10 bits per heavy atom. The van der Waals surface area contributed by atoms with Crippen LogP contribution in [-0.4, -0.2) is 31.7 Å². The van der Waals surface area contributed by atoms with Crippen LogP contribution in [0.3, 0.4) is 0 Å². The molecule has 1 aromatic heterocycles. The van der Waals surface area contributed by atoms with Gasteiger partial charge < -0.3 is 4.90 Å². The number of anilines is 1. The molecule has 2 heterocycles. The first-order valence-corrected chi connectivity index (χ1v) is 12.0. The summed E-state index contributed by atoms with van der Waals surface area (Å²) in [6, 6.07) is 11.6. The summed E-state index contributed by atoms with van der Waals surface area (Å²) in [5.74, 6) is -0.523. The number of piperidine rings is 1. The van der Waals surface area contributed by atoms with Gasteiger partial charge in [0.2, 0.25) is 0 Å². The van der Waals surface area contributed by atoms with Gasteiger partial charge in [0.05, 0.1) is 15.8 Å². The van der Waals surface area contributed by atoms with Crippen LogP contribution in [0.2, 0.25) is 0 Å². The van der Waals surface area contributed by atoms with E-state index < -0.39 is 20.9 Å². The van der Waals surface area contributed by atoms with E-state index in [1.54, 1.807) is 11.3 Å². The average Bonchev–Trinajstić information content (AvgIpc) is 3.20. The topological polar surface area (TPSA) is 50.3 Å². The third-order valence-corrected chi connectivity index (χ3v) is 8.60. The van der Waals surface area contributed by atoms with E-state index in [0.29, 0.717) is 25.9 Å². The molecule has 0 N–H and O–H groups in total. The van der Waals surface area contributed by atoms with Gasteiger partial charge in [-0.1, -0.05) is 23.8 Å². The molecule has 2 aromatic carbocycles. The van der Waals surface area contributed by atoms with Crippen molar-refractivity contribution in [3.05, 3.63) is 64.8 Å². The van der Waals surface area contributed by atoms with Crippen LogP contribution in [0, 0.1) is 19.7 Å². The molecule has 0 bridgehead atoms. The van der Waals surface area contributed by atoms with Crippen molar-refractivity contribution < 1.29 is 12.8 Å². The second-order valence-corrected chi connectivity index (χ2v) is 10.6. The Morgan fingerprint density at radius 3 is 2.59 bits per heavy atom. The van der Waals surface area contributed by atoms with Crippen LogP contribution in [-0.2, 0) is 9.84 Å². The summed E-state index contributed by atoms with van der Waals surface area (Å²) in [5, 5.41) is 2.49. The van der Waals surface area contributed by atoms with Crippen molar-refractivity contribution in [1.29, 1.82) is 0 Å². The lowest BCUT2D eigenvalue weighted by atomic mass is 10.0. The Balaban J connectivity index is 1.48. The summed E-state index contributed by atoms with van der Waals surface area (Å²) in [7, 11) is -3.52. The lowest BCUT2D eigenvalue weighted by molar-refractivity contribution is 0.528. The van der Waals surface area contributed by atoms with Gasteiger partial charge in [-0.2, -0.15) is 0 Å². The number of benzene rings is 2. The first kappa shape index (κ1) is 20.0. The third kappa shape index (κ3) is 4.07. The maximum atomic E-state index is 13.5. The Kier molecular flexibility index (Phi) is 5.44. The molecule has 1 aliphatic rings. The molecular weight excluding hydrogens is 407 g/mol. The van der Waals surface area contributed by atoms with Crippen molar-refractivity contribution in [1.82, 2.24) is 4.98 Å². The van der Waals surface area contributed by atoms with Crippen molar-refractivity contribution in [2.24, 2.45) is 0 Å². The summed E-state index contributed by atoms with van der Waals surface area (Å²) < 4.78 is 39.1. The van der Waals surface area contributed by atoms with Crippen LogP contribution in [0.1, 0.15) is 24.0 Å². The summed E-state index contributed by atoms with van der Waals surface area (Å²) in [6.07, 6.45) is 1.02. The molecule has 1 fully saturated rings. The van der Waals surface area contributed by atoms with Gasteiger partial charge in [-0.25, -0.2) is 17.8 Å². The molecule has 0 radical (unpaired) electrons. The van der Waals surface area contributed by atoms with Gasteiger partial charge in [-0.15, -0.1) is 11.3 Å². The van der Waals surface area contributed by atoms with Crippen LogP contribution in [0.15, 0.2) is 52.7 Å². The highest BCUT2D eigenvalue weighted by Crippen LogP contribution is 2.33. The number of aromatic nitrogens is 1. The number of hydrogen-bond donors (Lipinski definition) is 0. The molecule has 1 aliphatic heterocycles. The summed E-state index contributed by atoms with van der Waals surface area (Å²) in [5.41, 5.74) is 4.48. The Bertz CT molecular complexity index is 1130. The molecule has 0 atom stereocenters. The number of rotatable bonds is 4. The molecule has 29 heavy (non-hydrogen) atoms. The van der Waals surface area contributed by atoms with E-state index in [0.717, 1.165) is 22.5 Å². The van der Waals surface area contributed by atoms with Gasteiger partial charge >= 0.3 is 0 Å². The zero-order valence-electron chi connectivity index (χ0n) is 16.4. The molecule has 4 nitrogen and oxygen atoms in total. The van der Waals surface area contributed by atoms with E-state index in [1.165, 1.54) is 29.3 Å². The van der Waals surface area contributed by atoms with Gasteiger partial charge in [0, 0.05) is 24.0 Å². The maximum absolute atomic E-state index is 13.5. The van der Waals surface area contributed by atoms with E-state index in [1.807, 2.05) is 0 Å². The first-order valence-electron chi connectivity index (χ1n) is 9.62. The van der Waals surface area contributed by atoms with Crippen molar-refractivity contribution in [3.63, 3.8) is 0 Å². The Labute approximate surface area is 175 Å². The smallest absolute Gasteiger partial charge is 0.185 e. The van der Waals surface area contributed by atoms with Crippen molar-refractivity contribution in [2.45, 2.75) is 36.8 Å². The number of thiazole rings is 1. The SMILES string of the molecule is Cc1ccc(C)c(-c2csc(N3CCC(S(=O)(=O)c4cccc(F)c4)CC3)n2)c1. The minimum Gasteiger partial charge on any atom is -0.348 e. The summed E-state index contributed by atoms with van der Waals surface area (Å²) >= 11 is 1.59. The van der Waals surface area contributed by atoms with Crippen molar-refractivity contribution in [3.8, 4) is 11.3 Å². The highest BCUT2D eigenvalue weighted by atomic mass is 32.2. The van der Waals surface area contributed by atoms with Gasteiger partial charge in [0.15, 0.2) is 15.0 Å². The second-order valence-electron chi connectivity index (χ2n) is 7.52. The largest absolute Gasteiger partial charge is 0.348 e. The van der Waals surface area contributed by atoms with Gasteiger partial charge in [0.1, 0.15) is 5.82 Å². The minimum absolute atomic E-state index is 0.0717. The van der Waals surface area contributed by atoms with Crippen LogP contribution in [0.5, 0.6) is 0 Å². The van der Waals surface area contributed by atoms with Crippen LogP contribution >= 0.6 is 11.3 Å². The van der Waals surface area contributed by atoms with Crippen LogP contribution in [0.25, 0.3) is 11.3 Å². The van der Waals surface area contributed by atoms with Gasteiger partial charge in [0.25, 0.3) is 0 Å². The molecule has 0 unspecified atom stereocenters.